The van der Waals surface area contributed by atoms with Crippen LogP contribution in [0.3, 0.4) is 0 Å². The minimum Gasteiger partial charge on any atom is -0.328 e. The van der Waals surface area contributed by atoms with Gasteiger partial charge in [0.1, 0.15) is 5.69 Å². The third-order valence-electron chi connectivity index (χ3n) is 2.70. The van der Waals surface area contributed by atoms with Crippen LogP contribution in [0.1, 0.15) is 32.0 Å². The number of hydrogen-bond donors (Lipinski definition) is 1. The van der Waals surface area contributed by atoms with Gasteiger partial charge in [-0.25, -0.2) is 9.97 Å². The number of aromatic amines is 1. The standard InChI is InChI=1S/C11H14F3N5/c1-2-3-4-5-19-7-15-6-8(19)9-16-10(18-17-9)11(12,13)14/h6-7H,2-5H2,1H3,(H,16,17,18). The number of alkyl halides is 3. The lowest BCUT2D eigenvalue weighted by Crippen LogP contribution is -2.07. The molecule has 0 aliphatic carbocycles. The number of nitrogens with one attached hydrogen (secondary N) is 1. The molecule has 104 valence electrons. The normalized spacial score (nSPS) is 12.0. The van der Waals surface area contributed by atoms with Crippen molar-refractivity contribution in [3.8, 4) is 11.5 Å². The Morgan fingerprint density at radius 2 is 2.11 bits per heavy atom. The van der Waals surface area contributed by atoms with E-state index in [-0.39, 0.29) is 5.82 Å². The molecule has 0 aromatic carbocycles. The average molecular weight is 273 g/mol. The third-order valence-corrected chi connectivity index (χ3v) is 2.70. The largest absolute Gasteiger partial charge is 0.451 e. The molecule has 0 amide bonds. The van der Waals surface area contributed by atoms with Crippen molar-refractivity contribution < 1.29 is 13.2 Å². The van der Waals surface area contributed by atoms with Gasteiger partial charge in [0.25, 0.3) is 0 Å². The summed E-state index contributed by atoms with van der Waals surface area (Å²) < 4.78 is 39.1. The number of halogens is 3. The highest BCUT2D eigenvalue weighted by Crippen LogP contribution is 2.27. The van der Waals surface area contributed by atoms with Crippen molar-refractivity contribution in [2.24, 2.45) is 0 Å². The monoisotopic (exact) mass is 273 g/mol. The fourth-order valence-corrected chi connectivity index (χ4v) is 1.72. The lowest BCUT2D eigenvalue weighted by Gasteiger charge is -2.04. The molecule has 0 radical (unpaired) electrons. The number of nitrogens with zero attached hydrogens (tertiary/aromatic N) is 4. The highest BCUT2D eigenvalue weighted by Gasteiger charge is 2.35. The Balaban J connectivity index is 2.18. The van der Waals surface area contributed by atoms with Gasteiger partial charge in [-0.3, -0.25) is 5.10 Å². The summed E-state index contributed by atoms with van der Waals surface area (Å²) >= 11 is 0. The molecule has 0 spiro atoms. The van der Waals surface area contributed by atoms with Gasteiger partial charge in [0.05, 0.1) is 12.5 Å². The van der Waals surface area contributed by atoms with Crippen LogP contribution < -0.4 is 0 Å². The summed E-state index contributed by atoms with van der Waals surface area (Å²) in [6, 6.07) is 0. The summed E-state index contributed by atoms with van der Waals surface area (Å²) in [5.41, 5.74) is 0.489. The molecule has 5 nitrogen and oxygen atoms in total. The molecule has 0 fully saturated rings. The second kappa shape index (κ2) is 5.41. The molecule has 0 saturated carbocycles. The van der Waals surface area contributed by atoms with E-state index in [1.54, 1.807) is 10.9 Å². The smallest absolute Gasteiger partial charge is 0.328 e. The molecule has 0 aliphatic heterocycles. The summed E-state index contributed by atoms with van der Waals surface area (Å²) in [6.45, 7) is 2.78. The molecule has 0 unspecified atom stereocenters. The molecular weight excluding hydrogens is 259 g/mol. The lowest BCUT2D eigenvalue weighted by atomic mass is 10.2. The molecule has 8 heteroatoms. The first-order chi connectivity index (χ1) is 9.02. The van der Waals surface area contributed by atoms with E-state index in [4.69, 9.17) is 0 Å². The first kappa shape index (κ1) is 13.6. The van der Waals surface area contributed by atoms with Crippen molar-refractivity contribution in [2.75, 3.05) is 0 Å². The van der Waals surface area contributed by atoms with Crippen molar-refractivity contribution in [3.05, 3.63) is 18.3 Å². The average Bonchev–Trinajstić information content (AvgIpc) is 2.95. The second-order valence-electron chi connectivity index (χ2n) is 4.18. The SMILES string of the molecule is CCCCCn1cncc1-c1n[nH]c(C(F)(F)F)n1. The van der Waals surface area contributed by atoms with E-state index in [1.165, 1.54) is 6.20 Å². The molecule has 0 bridgehead atoms. The van der Waals surface area contributed by atoms with E-state index >= 15 is 0 Å². The molecule has 2 rings (SSSR count). The van der Waals surface area contributed by atoms with Crippen LogP contribution in [0.4, 0.5) is 13.2 Å². The van der Waals surface area contributed by atoms with Crippen molar-refractivity contribution in [3.63, 3.8) is 0 Å². The van der Waals surface area contributed by atoms with Crippen molar-refractivity contribution >= 4 is 0 Å². The van der Waals surface area contributed by atoms with Crippen LogP contribution in [0.5, 0.6) is 0 Å². The van der Waals surface area contributed by atoms with E-state index in [2.05, 4.69) is 22.0 Å². The first-order valence-electron chi connectivity index (χ1n) is 6.02. The molecule has 0 aliphatic rings. The van der Waals surface area contributed by atoms with Crippen molar-refractivity contribution in [2.45, 2.75) is 38.9 Å². The predicted octanol–water partition coefficient (Wildman–Crippen LogP) is 2.88. The highest BCUT2D eigenvalue weighted by molar-refractivity contribution is 5.47. The summed E-state index contributed by atoms with van der Waals surface area (Å²) in [4.78, 5) is 7.40. The second-order valence-corrected chi connectivity index (χ2v) is 4.18. The Morgan fingerprint density at radius 1 is 1.32 bits per heavy atom. The summed E-state index contributed by atoms with van der Waals surface area (Å²) in [7, 11) is 0. The van der Waals surface area contributed by atoms with Crippen molar-refractivity contribution in [1.29, 1.82) is 0 Å². The van der Waals surface area contributed by atoms with Gasteiger partial charge in [-0.2, -0.15) is 18.3 Å². The maximum atomic E-state index is 12.4. The number of imidazole rings is 1. The van der Waals surface area contributed by atoms with E-state index in [0.29, 0.717) is 12.2 Å². The van der Waals surface area contributed by atoms with Crippen LogP contribution >= 0.6 is 0 Å². The minimum atomic E-state index is -4.52. The van der Waals surface area contributed by atoms with Gasteiger partial charge < -0.3 is 4.57 Å². The summed E-state index contributed by atoms with van der Waals surface area (Å²) in [6.07, 6.45) is 1.60. The number of rotatable bonds is 5. The van der Waals surface area contributed by atoms with Crippen LogP contribution in [0.15, 0.2) is 12.5 Å². The van der Waals surface area contributed by atoms with Crippen LogP contribution in [0.2, 0.25) is 0 Å². The topological polar surface area (TPSA) is 59.4 Å². The summed E-state index contributed by atoms with van der Waals surface area (Å²) in [5, 5.41) is 5.50. The molecule has 2 aromatic heterocycles. The van der Waals surface area contributed by atoms with Gasteiger partial charge in [0, 0.05) is 6.54 Å². The number of hydrogen-bond acceptors (Lipinski definition) is 3. The Kier molecular flexibility index (Phi) is 3.87. The number of aromatic nitrogens is 5. The third kappa shape index (κ3) is 3.12. The molecular formula is C11H14F3N5. The lowest BCUT2D eigenvalue weighted by molar-refractivity contribution is -0.144. The zero-order chi connectivity index (χ0) is 13.9. The Labute approximate surface area is 107 Å². The summed E-state index contributed by atoms with van der Waals surface area (Å²) in [5.74, 6) is -1.08. The van der Waals surface area contributed by atoms with E-state index < -0.39 is 12.0 Å². The van der Waals surface area contributed by atoms with Gasteiger partial charge in [0.15, 0.2) is 5.82 Å². The van der Waals surface area contributed by atoms with Gasteiger partial charge >= 0.3 is 6.18 Å². The molecule has 0 atom stereocenters. The quantitative estimate of drug-likeness (QED) is 0.852. The van der Waals surface area contributed by atoms with Crippen LogP contribution in [0.25, 0.3) is 11.5 Å². The fourth-order valence-electron chi connectivity index (χ4n) is 1.72. The Bertz CT molecular complexity index is 528. The van der Waals surface area contributed by atoms with Crippen molar-refractivity contribution in [1.82, 2.24) is 24.7 Å². The number of unbranched alkanes of at least 4 members (excludes halogenated alkanes) is 2. The fraction of sp³-hybridized carbons (Fsp3) is 0.545. The van der Waals surface area contributed by atoms with Crippen LogP contribution in [-0.2, 0) is 12.7 Å². The van der Waals surface area contributed by atoms with E-state index in [9.17, 15) is 13.2 Å². The highest BCUT2D eigenvalue weighted by atomic mass is 19.4. The molecule has 19 heavy (non-hydrogen) atoms. The van der Waals surface area contributed by atoms with E-state index in [0.717, 1.165) is 19.3 Å². The number of aryl methyl sites for hydroxylation is 1. The predicted molar refractivity (Wildman–Crippen MR) is 62.1 cm³/mol. The van der Waals surface area contributed by atoms with Crippen LogP contribution in [-0.4, -0.2) is 24.7 Å². The number of H-pyrrole nitrogens is 1. The molecule has 2 heterocycles. The van der Waals surface area contributed by atoms with Gasteiger partial charge in [-0.05, 0) is 6.42 Å². The van der Waals surface area contributed by atoms with E-state index in [1.807, 2.05) is 5.10 Å². The zero-order valence-electron chi connectivity index (χ0n) is 10.4. The molecule has 2 aromatic rings. The maximum absolute atomic E-state index is 12.4. The molecule has 1 N–H and O–H groups in total. The van der Waals surface area contributed by atoms with Gasteiger partial charge in [0.2, 0.25) is 5.82 Å². The first-order valence-corrected chi connectivity index (χ1v) is 6.02. The van der Waals surface area contributed by atoms with Gasteiger partial charge in [-0.15, -0.1) is 0 Å². The zero-order valence-corrected chi connectivity index (χ0v) is 10.4. The maximum Gasteiger partial charge on any atom is 0.451 e. The molecule has 0 saturated heterocycles. The minimum absolute atomic E-state index is 0.0151. The Morgan fingerprint density at radius 3 is 2.74 bits per heavy atom. The van der Waals surface area contributed by atoms with Gasteiger partial charge in [-0.1, -0.05) is 19.8 Å². The Hall–Kier alpha value is -1.86. The van der Waals surface area contributed by atoms with Crippen LogP contribution in [0, 0.1) is 0 Å².